The zero-order valence-corrected chi connectivity index (χ0v) is 8.95. The number of carbonyl (C=O) groups excluding carboxylic acids is 1. The fourth-order valence-electron chi connectivity index (χ4n) is 0.907. The highest BCUT2D eigenvalue weighted by molar-refractivity contribution is 6.32. The molecule has 3 N–H and O–H groups in total. The molecule has 0 saturated heterocycles. The summed E-state index contributed by atoms with van der Waals surface area (Å²) >= 11 is 5.74. The largest absolute Gasteiger partial charge is 0.394 e. The van der Waals surface area contributed by atoms with Crippen LogP contribution in [0.15, 0.2) is 18.3 Å². The molecule has 6 heteroatoms. The van der Waals surface area contributed by atoms with Crippen molar-refractivity contribution in [2.24, 2.45) is 0 Å². The van der Waals surface area contributed by atoms with E-state index in [2.05, 4.69) is 15.6 Å². The third kappa shape index (κ3) is 3.73. The number of halogens is 1. The van der Waals surface area contributed by atoms with Crippen LogP contribution in [0.5, 0.6) is 0 Å². The van der Waals surface area contributed by atoms with Crippen molar-refractivity contribution >= 4 is 23.3 Å². The van der Waals surface area contributed by atoms with Crippen LogP contribution in [0.4, 0.5) is 10.5 Å². The number of carbonyl (C=O) groups is 1. The first kappa shape index (κ1) is 11.7. The van der Waals surface area contributed by atoms with Crippen LogP contribution in [-0.2, 0) is 0 Å². The Morgan fingerprint density at radius 1 is 1.73 bits per heavy atom. The molecule has 0 aliphatic rings. The summed E-state index contributed by atoms with van der Waals surface area (Å²) < 4.78 is 0. The van der Waals surface area contributed by atoms with Crippen LogP contribution >= 0.6 is 11.6 Å². The Hall–Kier alpha value is -1.33. The molecule has 0 aliphatic carbocycles. The maximum atomic E-state index is 11.3. The van der Waals surface area contributed by atoms with Gasteiger partial charge in [0.25, 0.3) is 0 Å². The number of urea groups is 1. The van der Waals surface area contributed by atoms with E-state index in [9.17, 15) is 4.79 Å². The number of hydrogen-bond donors (Lipinski definition) is 3. The Kier molecular flexibility index (Phi) is 4.33. The van der Waals surface area contributed by atoms with Crippen molar-refractivity contribution in [1.29, 1.82) is 0 Å². The van der Waals surface area contributed by atoms with E-state index in [1.807, 2.05) is 0 Å². The van der Waals surface area contributed by atoms with Crippen LogP contribution in [0.1, 0.15) is 6.92 Å². The van der Waals surface area contributed by atoms with Gasteiger partial charge >= 0.3 is 6.03 Å². The van der Waals surface area contributed by atoms with E-state index < -0.39 is 6.03 Å². The topological polar surface area (TPSA) is 74.2 Å². The summed E-state index contributed by atoms with van der Waals surface area (Å²) in [6, 6.07) is 2.57. The fourth-order valence-corrected chi connectivity index (χ4v) is 1.07. The molecule has 0 spiro atoms. The van der Waals surface area contributed by atoms with E-state index in [1.54, 1.807) is 19.1 Å². The maximum Gasteiger partial charge on any atom is 0.319 e. The van der Waals surface area contributed by atoms with Crippen molar-refractivity contribution in [2.45, 2.75) is 13.0 Å². The van der Waals surface area contributed by atoms with Crippen LogP contribution in [-0.4, -0.2) is 28.8 Å². The lowest BCUT2D eigenvalue weighted by atomic mass is 10.4. The highest BCUT2D eigenvalue weighted by Gasteiger charge is 2.07. The standard InChI is InChI=1S/C9H12ClN3O2/c1-6(5-14)12-9(15)13-7-3-2-4-11-8(7)10/h2-4,6,14H,5H2,1H3,(H2,12,13,15). The number of aliphatic hydroxyl groups is 1. The lowest BCUT2D eigenvalue weighted by molar-refractivity contribution is 0.229. The molecule has 5 nitrogen and oxygen atoms in total. The van der Waals surface area contributed by atoms with Crippen molar-refractivity contribution in [3.05, 3.63) is 23.5 Å². The predicted molar refractivity (Wildman–Crippen MR) is 57.9 cm³/mol. The minimum Gasteiger partial charge on any atom is -0.394 e. The number of anilines is 1. The van der Waals surface area contributed by atoms with E-state index in [0.717, 1.165) is 0 Å². The van der Waals surface area contributed by atoms with Gasteiger partial charge < -0.3 is 15.7 Å². The number of rotatable bonds is 3. The average Bonchev–Trinajstić information content (AvgIpc) is 2.21. The van der Waals surface area contributed by atoms with E-state index >= 15 is 0 Å². The van der Waals surface area contributed by atoms with Crippen molar-refractivity contribution in [2.75, 3.05) is 11.9 Å². The molecule has 1 aromatic heterocycles. The minimum atomic E-state index is -0.425. The first-order valence-corrected chi connectivity index (χ1v) is 4.80. The quantitative estimate of drug-likeness (QED) is 0.683. The van der Waals surface area contributed by atoms with Gasteiger partial charge in [0, 0.05) is 6.20 Å². The molecule has 2 amide bonds. The molecule has 1 unspecified atom stereocenters. The van der Waals surface area contributed by atoms with Crippen molar-refractivity contribution in [3.8, 4) is 0 Å². The van der Waals surface area contributed by atoms with Gasteiger partial charge in [-0.3, -0.25) is 0 Å². The van der Waals surface area contributed by atoms with Gasteiger partial charge in [0.1, 0.15) is 0 Å². The van der Waals surface area contributed by atoms with Crippen LogP contribution in [0.3, 0.4) is 0 Å². The molecule has 1 aromatic rings. The SMILES string of the molecule is CC(CO)NC(=O)Nc1cccnc1Cl. The molecule has 1 atom stereocenters. The van der Waals surface area contributed by atoms with Crippen LogP contribution < -0.4 is 10.6 Å². The van der Waals surface area contributed by atoms with Gasteiger partial charge in [0.15, 0.2) is 5.15 Å². The number of hydrogen-bond acceptors (Lipinski definition) is 3. The average molecular weight is 230 g/mol. The number of aromatic nitrogens is 1. The normalized spacial score (nSPS) is 11.9. The molecular weight excluding hydrogens is 218 g/mol. The molecule has 0 aliphatic heterocycles. The Morgan fingerprint density at radius 3 is 3.07 bits per heavy atom. The second-order valence-corrected chi connectivity index (χ2v) is 3.38. The van der Waals surface area contributed by atoms with Gasteiger partial charge in [-0.25, -0.2) is 9.78 Å². The first-order valence-electron chi connectivity index (χ1n) is 4.42. The number of aliphatic hydroxyl groups excluding tert-OH is 1. The number of nitrogens with zero attached hydrogens (tertiary/aromatic N) is 1. The zero-order valence-electron chi connectivity index (χ0n) is 8.20. The lowest BCUT2D eigenvalue weighted by Gasteiger charge is -2.12. The van der Waals surface area contributed by atoms with Gasteiger partial charge in [-0.05, 0) is 19.1 Å². The maximum absolute atomic E-state index is 11.3. The molecule has 82 valence electrons. The Bertz CT molecular complexity index is 346. The highest BCUT2D eigenvalue weighted by atomic mass is 35.5. The molecule has 15 heavy (non-hydrogen) atoms. The third-order valence-corrected chi connectivity index (χ3v) is 1.96. The molecule has 0 bridgehead atoms. The Labute approximate surface area is 92.5 Å². The number of nitrogens with one attached hydrogen (secondary N) is 2. The molecule has 0 fully saturated rings. The van der Waals surface area contributed by atoms with Gasteiger partial charge in [0.05, 0.1) is 18.3 Å². The van der Waals surface area contributed by atoms with Gasteiger partial charge in [-0.15, -0.1) is 0 Å². The van der Waals surface area contributed by atoms with E-state index in [0.29, 0.717) is 5.69 Å². The summed E-state index contributed by atoms with van der Waals surface area (Å²) in [6.07, 6.45) is 1.53. The lowest BCUT2D eigenvalue weighted by Crippen LogP contribution is -2.38. The van der Waals surface area contributed by atoms with Gasteiger partial charge in [-0.2, -0.15) is 0 Å². The van der Waals surface area contributed by atoms with E-state index in [4.69, 9.17) is 16.7 Å². The van der Waals surface area contributed by atoms with Gasteiger partial charge in [0.2, 0.25) is 0 Å². The molecule has 1 heterocycles. The highest BCUT2D eigenvalue weighted by Crippen LogP contribution is 2.16. The summed E-state index contributed by atoms with van der Waals surface area (Å²) in [7, 11) is 0. The zero-order chi connectivity index (χ0) is 11.3. The van der Waals surface area contributed by atoms with Crippen molar-refractivity contribution in [3.63, 3.8) is 0 Å². The van der Waals surface area contributed by atoms with Crippen LogP contribution in [0, 0.1) is 0 Å². The Balaban J connectivity index is 2.55. The van der Waals surface area contributed by atoms with Crippen molar-refractivity contribution < 1.29 is 9.90 Å². The second-order valence-electron chi connectivity index (χ2n) is 3.02. The first-order chi connectivity index (χ1) is 7.13. The van der Waals surface area contributed by atoms with Crippen LogP contribution in [0.2, 0.25) is 5.15 Å². The Morgan fingerprint density at radius 2 is 2.47 bits per heavy atom. The smallest absolute Gasteiger partial charge is 0.319 e. The monoisotopic (exact) mass is 229 g/mol. The summed E-state index contributed by atoms with van der Waals surface area (Å²) in [6.45, 7) is 1.57. The molecule has 1 rings (SSSR count). The van der Waals surface area contributed by atoms with Crippen LogP contribution in [0.25, 0.3) is 0 Å². The molecule has 0 radical (unpaired) electrons. The number of amides is 2. The molecule has 0 aromatic carbocycles. The van der Waals surface area contributed by atoms with E-state index in [-0.39, 0.29) is 17.8 Å². The predicted octanol–water partition coefficient (Wildman–Crippen LogP) is 1.24. The summed E-state index contributed by atoms with van der Waals surface area (Å²) in [5.41, 5.74) is 0.432. The fraction of sp³-hybridized carbons (Fsp3) is 0.333. The molecule has 0 saturated carbocycles. The summed E-state index contributed by atoms with van der Waals surface area (Å²) in [5.74, 6) is 0. The molecular formula is C9H12ClN3O2. The van der Waals surface area contributed by atoms with E-state index in [1.165, 1.54) is 6.20 Å². The summed E-state index contributed by atoms with van der Waals surface area (Å²) in [4.78, 5) is 15.1. The number of pyridine rings is 1. The van der Waals surface area contributed by atoms with Crippen molar-refractivity contribution in [1.82, 2.24) is 10.3 Å². The van der Waals surface area contributed by atoms with Gasteiger partial charge in [-0.1, -0.05) is 11.6 Å². The summed E-state index contributed by atoms with van der Waals surface area (Å²) in [5, 5.41) is 14.0. The second kappa shape index (κ2) is 5.53. The third-order valence-electron chi connectivity index (χ3n) is 1.66. The minimum absolute atomic E-state index is 0.117.